The van der Waals surface area contributed by atoms with Gasteiger partial charge in [-0.1, -0.05) is 6.07 Å². The second-order valence-electron chi connectivity index (χ2n) is 4.49. The van der Waals surface area contributed by atoms with Crippen molar-refractivity contribution < 1.29 is 0 Å². The maximum atomic E-state index is 4.61. The van der Waals surface area contributed by atoms with Gasteiger partial charge in [0.2, 0.25) is 5.95 Å². The number of nitrogens with zero attached hydrogens (tertiary/aromatic N) is 5. The molecular weight excluding hydrogens is 238 g/mol. The lowest BCUT2D eigenvalue weighted by Gasteiger charge is -2.17. The lowest BCUT2D eigenvalue weighted by atomic mass is 10.3. The van der Waals surface area contributed by atoms with Crippen molar-refractivity contribution in [3.63, 3.8) is 0 Å². The minimum absolute atomic E-state index is 0.720. The van der Waals surface area contributed by atoms with Gasteiger partial charge in [-0.3, -0.25) is 9.55 Å². The van der Waals surface area contributed by atoms with Gasteiger partial charge in [0.15, 0.2) is 5.65 Å². The summed E-state index contributed by atoms with van der Waals surface area (Å²) in [5.74, 6) is 0.888. The first-order valence-corrected chi connectivity index (χ1v) is 6.14. The minimum atomic E-state index is 0.720. The molecule has 19 heavy (non-hydrogen) atoms. The highest BCUT2D eigenvalue weighted by Crippen LogP contribution is 2.19. The predicted octanol–water partition coefficient (Wildman–Crippen LogP) is 2.00. The van der Waals surface area contributed by atoms with Crippen molar-refractivity contribution in [2.45, 2.75) is 6.54 Å². The molecule has 3 aromatic heterocycles. The fourth-order valence-corrected chi connectivity index (χ4v) is 2.16. The van der Waals surface area contributed by atoms with Crippen LogP contribution in [0.3, 0.4) is 0 Å². The summed E-state index contributed by atoms with van der Waals surface area (Å²) >= 11 is 0. The lowest BCUT2D eigenvalue weighted by molar-refractivity contribution is 0.799. The number of aryl methyl sites for hydroxylation is 1. The maximum absolute atomic E-state index is 4.61. The fourth-order valence-electron chi connectivity index (χ4n) is 2.16. The third kappa shape index (κ3) is 2.14. The van der Waals surface area contributed by atoms with E-state index >= 15 is 0 Å². The number of imidazole rings is 1. The van der Waals surface area contributed by atoms with Crippen LogP contribution in [-0.4, -0.2) is 26.6 Å². The number of rotatable bonds is 3. The van der Waals surface area contributed by atoms with Crippen LogP contribution in [0, 0.1) is 0 Å². The van der Waals surface area contributed by atoms with Gasteiger partial charge in [-0.15, -0.1) is 0 Å². The van der Waals surface area contributed by atoms with Crippen molar-refractivity contribution in [1.29, 1.82) is 0 Å². The molecule has 0 unspecified atom stereocenters. The van der Waals surface area contributed by atoms with Crippen LogP contribution in [0.2, 0.25) is 0 Å². The smallest absolute Gasteiger partial charge is 0.207 e. The molecule has 96 valence electrons. The Morgan fingerprint density at radius 3 is 2.68 bits per heavy atom. The largest absolute Gasteiger partial charge is 0.339 e. The minimum Gasteiger partial charge on any atom is -0.339 e. The molecule has 3 aromatic rings. The van der Waals surface area contributed by atoms with Gasteiger partial charge < -0.3 is 4.90 Å². The van der Waals surface area contributed by atoms with Gasteiger partial charge in [0.05, 0.1) is 12.2 Å². The molecule has 0 saturated heterocycles. The summed E-state index contributed by atoms with van der Waals surface area (Å²) in [7, 11) is 3.99. The highest BCUT2D eigenvalue weighted by Gasteiger charge is 2.12. The van der Waals surface area contributed by atoms with Crippen molar-refractivity contribution in [2.24, 2.45) is 7.05 Å². The highest BCUT2D eigenvalue weighted by atomic mass is 15.3. The molecule has 5 nitrogen and oxygen atoms in total. The summed E-state index contributed by atoms with van der Waals surface area (Å²) in [6, 6.07) is 9.80. The molecule has 0 aliphatic heterocycles. The summed E-state index contributed by atoms with van der Waals surface area (Å²) in [5.41, 5.74) is 2.82. The second kappa shape index (κ2) is 4.68. The molecule has 3 rings (SSSR count). The quantitative estimate of drug-likeness (QED) is 0.716. The number of aromatic nitrogens is 4. The van der Waals surface area contributed by atoms with E-state index in [1.54, 1.807) is 12.4 Å². The Morgan fingerprint density at radius 2 is 1.95 bits per heavy atom. The first kappa shape index (κ1) is 11.6. The van der Waals surface area contributed by atoms with Crippen LogP contribution < -0.4 is 4.90 Å². The van der Waals surface area contributed by atoms with E-state index in [2.05, 4.69) is 19.9 Å². The zero-order valence-corrected chi connectivity index (χ0v) is 11.0. The van der Waals surface area contributed by atoms with Crippen LogP contribution in [0.4, 0.5) is 5.95 Å². The SMILES string of the molecule is CN(Cc1ccccn1)c1nc2cccnc2n1C. The van der Waals surface area contributed by atoms with E-state index in [9.17, 15) is 0 Å². The molecule has 0 amide bonds. The van der Waals surface area contributed by atoms with Crippen LogP contribution in [0.5, 0.6) is 0 Å². The monoisotopic (exact) mass is 253 g/mol. The lowest BCUT2D eigenvalue weighted by Crippen LogP contribution is -2.20. The first-order valence-electron chi connectivity index (χ1n) is 6.14. The molecule has 0 N–H and O–H groups in total. The zero-order valence-electron chi connectivity index (χ0n) is 11.0. The van der Waals surface area contributed by atoms with Crippen molar-refractivity contribution in [2.75, 3.05) is 11.9 Å². The average molecular weight is 253 g/mol. The summed E-state index contributed by atoms with van der Waals surface area (Å²) in [6.45, 7) is 0.720. The van der Waals surface area contributed by atoms with Gasteiger partial charge in [0.1, 0.15) is 5.52 Å². The van der Waals surface area contributed by atoms with E-state index in [1.165, 1.54) is 0 Å². The number of hydrogen-bond acceptors (Lipinski definition) is 4. The Labute approximate surface area is 111 Å². The van der Waals surface area contributed by atoms with Gasteiger partial charge in [0, 0.05) is 26.5 Å². The maximum Gasteiger partial charge on any atom is 0.207 e. The number of pyridine rings is 2. The summed E-state index contributed by atoms with van der Waals surface area (Å²) in [5, 5.41) is 0. The Morgan fingerprint density at radius 1 is 1.11 bits per heavy atom. The van der Waals surface area contributed by atoms with E-state index < -0.39 is 0 Å². The van der Waals surface area contributed by atoms with E-state index in [4.69, 9.17) is 0 Å². The standard InChI is InChI=1S/C14H15N5/c1-18(10-11-6-3-4-8-15-11)14-17-12-7-5-9-16-13(12)19(14)2/h3-9H,10H2,1-2H3. The van der Waals surface area contributed by atoms with E-state index in [-0.39, 0.29) is 0 Å². The zero-order chi connectivity index (χ0) is 13.2. The van der Waals surface area contributed by atoms with E-state index in [0.717, 1.165) is 29.4 Å². The third-order valence-corrected chi connectivity index (χ3v) is 3.07. The average Bonchev–Trinajstić information content (AvgIpc) is 2.78. The molecule has 0 aromatic carbocycles. The molecule has 0 bridgehead atoms. The summed E-state index contributed by atoms with van der Waals surface area (Å²) in [6.07, 6.45) is 3.59. The molecule has 0 fully saturated rings. The molecular formula is C14H15N5. The molecule has 0 aliphatic carbocycles. The van der Waals surface area contributed by atoms with Crippen LogP contribution in [0.25, 0.3) is 11.2 Å². The van der Waals surface area contributed by atoms with Gasteiger partial charge in [-0.2, -0.15) is 0 Å². The Balaban J connectivity index is 1.93. The molecule has 0 radical (unpaired) electrons. The topological polar surface area (TPSA) is 46.8 Å². The molecule has 0 spiro atoms. The molecule has 3 heterocycles. The second-order valence-corrected chi connectivity index (χ2v) is 4.49. The first-order chi connectivity index (χ1) is 9.25. The number of hydrogen-bond donors (Lipinski definition) is 0. The summed E-state index contributed by atoms with van der Waals surface area (Å²) in [4.78, 5) is 15.4. The van der Waals surface area contributed by atoms with Crippen LogP contribution >= 0.6 is 0 Å². The molecule has 0 atom stereocenters. The fraction of sp³-hybridized carbons (Fsp3) is 0.214. The molecule has 0 aliphatic rings. The van der Waals surface area contributed by atoms with Crippen LogP contribution in [0.15, 0.2) is 42.7 Å². The molecule has 5 heteroatoms. The van der Waals surface area contributed by atoms with Gasteiger partial charge in [-0.05, 0) is 24.3 Å². The van der Waals surface area contributed by atoms with Gasteiger partial charge >= 0.3 is 0 Å². The highest BCUT2D eigenvalue weighted by molar-refractivity contribution is 5.74. The van der Waals surface area contributed by atoms with Crippen molar-refractivity contribution in [3.8, 4) is 0 Å². The van der Waals surface area contributed by atoms with E-state index in [1.807, 2.05) is 49.0 Å². The third-order valence-electron chi connectivity index (χ3n) is 3.07. The Hall–Kier alpha value is -2.43. The van der Waals surface area contributed by atoms with E-state index in [0.29, 0.717) is 0 Å². The summed E-state index contributed by atoms with van der Waals surface area (Å²) < 4.78 is 2.00. The van der Waals surface area contributed by atoms with Gasteiger partial charge in [0.25, 0.3) is 0 Å². The number of anilines is 1. The normalized spacial score (nSPS) is 10.8. The van der Waals surface area contributed by atoms with Crippen LogP contribution in [-0.2, 0) is 13.6 Å². The van der Waals surface area contributed by atoms with Crippen molar-refractivity contribution in [1.82, 2.24) is 19.5 Å². The molecule has 0 saturated carbocycles. The predicted molar refractivity (Wildman–Crippen MR) is 74.9 cm³/mol. The van der Waals surface area contributed by atoms with Crippen LogP contribution in [0.1, 0.15) is 5.69 Å². The Kier molecular flexibility index (Phi) is 2.87. The van der Waals surface area contributed by atoms with Crippen molar-refractivity contribution in [3.05, 3.63) is 48.4 Å². The van der Waals surface area contributed by atoms with Crippen molar-refractivity contribution >= 4 is 17.1 Å². The van der Waals surface area contributed by atoms with Gasteiger partial charge in [-0.25, -0.2) is 9.97 Å². The number of fused-ring (bicyclic) bond motifs is 1. The Bertz CT molecular complexity index is 689.